The Morgan fingerprint density at radius 3 is 2.84 bits per heavy atom. The van der Waals surface area contributed by atoms with Gasteiger partial charge in [0.05, 0.1) is 5.41 Å². The van der Waals surface area contributed by atoms with Gasteiger partial charge in [0.15, 0.2) is 0 Å². The van der Waals surface area contributed by atoms with E-state index >= 15 is 0 Å². The number of nitrogens with zero attached hydrogens (tertiary/aromatic N) is 2. The molecule has 1 aliphatic heterocycles. The van der Waals surface area contributed by atoms with Crippen LogP contribution in [-0.4, -0.2) is 48.2 Å². The molecule has 0 aromatic heterocycles. The van der Waals surface area contributed by atoms with E-state index in [-0.39, 0.29) is 36.1 Å². The lowest BCUT2D eigenvalue weighted by atomic mass is 9.81. The summed E-state index contributed by atoms with van der Waals surface area (Å²) in [6.07, 6.45) is 1.99. The van der Waals surface area contributed by atoms with Gasteiger partial charge in [-0.3, -0.25) is 4.79 Å². The van der Waals surface area contributed by atoms with Gasteiger partial charge in [-0.1, -0.05) is 24.1 Å². The molecule has 25 heavy (non-hydrogen) atoms. The minimum atomic E-state index is -3.91. The van der Waals surface area contributed by atoms with Gasteiger partial charge in [-0.15, -0.1) is 0 Å². The number of benzene rings is 1. The molecule has 0 unspecified atom stereocenters. The molecule has 0 spiro atoms. The van der Waals surface area contributed by atoms with Gasteiger partial charge in [0.25, 0.3) is 10.2 Å². The van der Waals surface area contributed by atoms with Crippen LogP contribution in [0.5, 0.6) is 0 Å². The van der Waals surface area contributed by atoms with Crippen LogP contribution in [0.2, 0.25) is 5.02 Å². The second-order valence-corrected chi connectivity index (χ2v) is 9.25. The van der Waals surface area contributed by atoms with Crippen LogP contribution in [0.4, 0.5) is 4.39 Å². The van der Waals surface area contributed by atoms with Crippen molar-refractivity contribution >= 4 is 27.8 Å². The average molecular weight is 391 g/mol. The van der Waals surface area contributed by atoms with Crippen LogP contribution in [0.25, 0.3) is 0 Å². The standard InChI is InChI=1S/C16H20ClFN2O4S/c1-19(9-12-13(17)5-2-6-14(12)18)25(23,24)20-8-11-4-3-7-16(11,10-20)15(21)22/h2,5-6,11H,3-4,7-10H2,1H3,(H,21,22)/t11-,16+/m0/s1. The highest BCUT2D eigenvalue weighted by Crippen LogP contribution is 2.49. The van der Waals surface area contributed by atoms with E-state index in [1.54, 1.807) is 0 Å². The maximum Gasteiger partial charge on any atom is 0.311 e. The summed E-state index contributed by atoms with van der Waals surface area (Å²) in [4.78, 5) is 11.7. The fourth-order valence-corrected chi connectivity index (χ4v) is 5.62. The molecule has 0 bridgehead atoms. The summed E-state index contributed by atoms with van der Waals surface area (Å²) in [7, 11) is -2.56. The fourth-order valence-electron chi connectivity index (χ4n) is 3.95. The second-order valence-electron chi connectivity index (χ2n) is 6.81. The summed E-state index contributed by atoms with van der Waals surface area (Å²) < 4.78 is 41.9. The van der Waals surface area contributed by atoms with Crippen LogP contribution in [0.15, 0.2) is 18.2 Å². The zero-order valence-corrected chi connectivity index (χ0v) is 15.4. The quantitative estimate of drug-likeness (QED) is 0.837. The number of rotatable bonds is 5. The summed E-state index contributed by atoms with van der Waals surface area (Å²) in [6, 6.07) is 4.18. The molecule has 1 saturated carbocycles. The molecule has 0 radical (unpaired) electrons. The van der Waals surface area contributed by atoms with Gasteiger partial charge in [0.1, 0.15) is 5.82 Å². The highest BCUT2D eigenvalue weighted by molar-refractivity contribution is 7.86. The summed E-state index contributed by atoms with van der Waals surface area (Å²) >= 11 is 5.97. The van der Waals surface area contributed by atoms with Crippen molar-refractivity contribution < 1.29 is 22.7 Å². The molecule has 138 valence electrons. The van der Waals surface area contributed by atoms with Crippen molar-refractivity contribution in [2.24, 2.45) is 11.3 Å². The van der Waals surface area contributed by atoms with Gasteiger partial charge in [0.2, 0.25) is 0 Å². The average Bonchev–Trinajstić information content (AvgIpc) is 3.09. The predicted octanol–water partition coefficient (Wildman–Crippen LogP) is 2.34. The van der Waals surface area contributed by atoms with E-state index in [2.05, 4.69) is 0 Å². The summed E-state index contributed by atoms with van der Waals surface area (Å²) in [5.41, 5.74) is -0.897. The third-order valence-electron chi connectivity index (χ3n) is 5.43. The van der Waals surface area contributed by atoms with Crippen LogP contribution >= 0.6 is 11.6 Å². The zero-order valence-electron chi connectivity index (χ0n) is 13.8. The van der Waals surface area contributed by atoms with E-state index in [0.29, 0.717) is 12.8 Å². The summed E-state index contributed by atoms with van der Waals surface area (Å²) in [5.74, 6) is -1.69. The van der Waals surface area contributed by atoms with Gasteiger partial charge < -0.3 is 5.11 Å². The number of fused-ring (bicyclic) bond motifs is 1. The topological polar surface area (TPSA) is 77.9 Å². The van der Waals surface area contributed by atoms with Crippen molar-refractivity contribution in [1.29, 1.82) is 0 Å². The summed E-state index contributed by atoms with van der Waals surface area (Å²) in [5, 5.41) is 9.76. The molecule has 6 nitrogen and oxygen atoms in total. The number of aliphatic carboxylic acids is 1. The second kappa shape index (κ2) is 6.50. The molecule has 2 atom stereocenters. The van der Waals surface area contributed by atoms with E-state index in [4.69, 9.17) is 11.6 Å². The Bertz CT molecular complexity index is 783. The molecule has 2 fully saturated rings. The predicted molar refractivity (Wildman–Crippen MR) is 90.8 cm³/mol. The van der Waals surface area contributed by atoms with Crippen LogP contribution in [0, 0.1) is 17.2 Å². The normalized spacial score (nSPS) is 27.0. The number of carbonyl (C=O) groups is 1. The summed E-state index contributed by atoms with van der Waals surface area (Å²) in [6.45, 7) is -0.0657. The van der Waals surface area contributed by atoms with E-state index in [0.717, 1.165) is 10.7 Å². The molecule has 3 rings (SSSR count). The van der Waals surface area contributed by atoms with Crippen molar-refractivity contribution in [3.8, 4) is 0 Å². The molecule has 9 heteroatoms. The first-order valence-corrected chi connectivity index (χ1v) is 9.83. The molecule has 1 aromatic carbocycles. The first-order valence-electron chi connectivity index (χ1n) is 8.06. The Labute approximate surface area is 151 Å². The molecular weight excluding hydrogens is 371 g/mol. The fraction of sp³-hybridized carbons (Fsp3) is 0.562. The SMILES string of the molecule is CN(Cc1c(F)cccc1Cl)S(=O)(=O)N1C[C@@H]2CCC[C@@]2(C(=O)O)C1. The maximum atomic E-state index is 13.9. The Morgan fingerprint density at radius 2 is 2.24 bits per heavy atom. The molecule has 1 N–H and O–H groups in total. The van der Waals surface area contributed by atoms with Crippen molar-refractivity contribution in [3.05, 3.63) is 34.6 Å². The third-order valence-corrected chi connectivity index (χ3v) is 7.63. The lowest BCUT2D eigenvalue weighted by molar-refractivity contribution is -0.149. The lowest BCUT2D eigenvalue weighted by Crippen LogP contribution is -2.43. The maximum absolute atomic E-state index is 13.9. The lowest BCUT2D eigenvalue weighted by Gasteiger charge is -2.26. The van der Waals surface area contributed by atoms with Crippen molar-refractivity contribution in [1.82, 2.24) is 8.61 Å². The van der Waals surface area contributed by atoms with E-state index in [1.165, 1.54) is 29.6 Å². The molecule has 1 saturated heterocycles. The first kappa shape index (κ1) is 18.6. The minimum Gasteiger partial charge on any atom is -0.481 e. The van der Waals surface area contributed by atoms with Crippen LogP contribution in [0.3, 0.4) is 0 Å². The zero-order chi connectivity index (χ0) is 18.4. The van der Waals surface area contributed by atoms with E-state index in [1.807, 2.05) is 0 Å². The number of hydrogen-bond donors (Lipinski definition) is 1. The van der Waals surface area contributed by atoms with E-state index in [9.17, 15) is 22.7 Å². The molecular formula is C16H20ClFN2O4S. The smallest absolute Gasteiger partial charge is 0.311 e. The first-order chi connectivity index (χ1) is 11.7. The van der Waals surface area contributed by atoms with Crippen LogP contribution in [0.1, 0.15) is 24.8 Å². The van der Waals surface area contributed by atoms with E-state index < -0.39 is 27.4 Å². The highest BCUT2D eigenvalue weighted by atomic mass is 35.5. The van der Waals surface area contributed by atoms with Gasteiger partial charge in [-0.2, -0.15) is 17.0 Å². The van der Waals surface area contributed by atoms with Crippen molar-refractivity contribution in [2.45, 2.75) is 25.8 Å². The minimum absolute atomic E-state index is 0.0370. The number of hydrogen-bond acceptors (Lipinski definition) is 3. The molecule has 1 heterocycles. The number of halogens is 2. The van der Waals surface area contributed by atoms with Crippen LogP contribution in [-0.2, 0) is 21.5 Å². The Hall–Kier alpha value is -1.22. The largest absolute Gasteiger partial charge is 0.481 e. The van der Waals surface area contributed by atoms with Gasteiger partial charge >= 0.3 is 5.97 Å². The van der Waals surface area contributed by atoms with Gasteiger partial charge in [-0.05, 0) is 30.9 Å². The molecule has 2 aliphatic rings. The number of carboxylic acid groups (broad SMARTS) is 1. The third kappa shape index (κ3) is 3.05. The van der Waals surface area contributed by atoms with Crippen molar-refractivity contribution in [2.75, 3.05) is 20.1 Å². The Balaban J connectivity index is 1.82. The van der Waals surface area contributed by atoms with Gasteiger partial charge in [0, 0.05) is 37.3 Å². The molecule has 1 aromatic rings. The number of carboxylic acids is 1. The molecule has 0 amide bonds. The Kier molecular flexibility index (Phi) is 4.83. The van der Waals surface area contributed by atoms with Crippen molar-refractivity contribution in [3.63, 3.8) is 0 Å². The van der Waals surface area contributed by atoms with Gasteiger partial charge in [-0.25, -0.2) is 4.39 Å². The monoisotopic (exact) mass is 390 g/mol. The Morgan fingerprint density at radius 1 is 1.52 bits per heavy atom. The highest BCUT2D eigenvalue weighted by Gasteiger charge is 2.57. The van der Waals surface area contributed by atoms with Crippen LogP contribution < -0.4 is 0 Å². The molecule has 1 aliphatic carbocycles.